The van der Waals surface area contributed by atoms with Gasteiger partial charge in [-0.2, -0.15) is 0 Å². The minimum atomic E-state index is -0.938. The van der Waals surface area contributed by atoms with E-state index in [-0.39, 0.29) is 5.56 Å². The molecule has 0 spiro atoms. The first-order chi connectivity index (χ1) is 10.1. The van der Waals surface area contributed by atoms with Gasteiger partial charge in [0, 0.05) is 12.7 Å². The first-order valence-electron chi connectivity index (χ1n) is 7.16. The van der Waals surface area contributed by atoms with E-state index < -0.39 is 5.97 Å². The fraction of sp³-hybridized carbons (Fsp3) is 0.294. The van der Waals surface area contributed by atoms with Gasteiger partial charge in [0.25, 0.3) is 0 Å². The molecular formula is C17H18N2O2. The lowest BCUT2D eigenvalue weighted by Gasteiger charge is -2.13. The molecule has 0 bridgehead atoms. The van der Waals surface area contributed by atoms with E-state index >= 15 is 0 Å². The zero-order valence-electron chi connectivity index (χ0n) is 12.0. The van der Waals surface area contributed by atoms with Crippen LogP contribution >= 0.6 is 0 Å². The number of pyridine rings is 1. The number of rotatable bonds is 5. The van der Waals surface area contributed by atoms with Crippen LogP contribution in [0.2, 0.25) is 0 Å². The number of nitrogens with one attached hydrogen (secondary N) is 1. The number of hydrogen-bond donors (Lipinski definition) is 2. The third-order valence-electron chi connectivity index (χ3n) is 3.84. The van der Waals surface area contributed by atoms with Crippen molar-refractivity contribution in [1.29, 1.82) is 0 Å². The highest BCUT2D eigenvalue weighted by atomic mass is 16.4. The Kier molecular flexibility index (Phi) is 3.60. The molecule has 0 aliphatic heterocycles. The molecule has 2 aromatic rings. The lowest BCUT2D eigenvalue weighted by molar-refractivity contribution is 0.0698. The van der Waals surface area contributed by atoms with Gasteiger partial charge in [0.05, 0.1) is 17.4 Å². The Labute approximate surface area is 123 Å². The summed E-state index contributed by atoms with van der Waals surface area (Å²) in [6.45, 7) is 2.70. The topological polar surface area (TPSA) is 62.2 Å². The van der Waals surface area contributed by atoms with Crippen LogP contribution in [0.3, 0.4) is 0 Å². The third-order valence-corrected chi connectivity index (χ3v) is 3.84. The number of carbonyl (C=O) groups is 1. The van der Waals surface area contributed by atoms with E-state index in [4.69, 9.17) is 0 Å². The number of aryl methyl sites for hydroxylation is 1. The molecule has 1 fully saturated rings. The fourth-order valence-electron chi connectivity index (χ4n) is 2.59. The summed E-state index contributed by atoms with van der Waals surface area (Å²) in [5.41, 5.74) is 4.67. The third kappa shape index (κ3) is 3.05. The van der Waals surface area contributed by atoms with Crippen molar-refractivity contribution < 1.29 is 9.90 Å². The van der Waals surface area contributed by atoms with E-state index in [1.54, 1.807) is 6.20 Å². The molecule has 1 saturated carbocycles. The summed E-state index contributed by atoms with van der Waals surface area (Å²) in [6.07, 6.45) is 5.57. The monoisotopic (exact) mass is 282 g/mol. The van der Waals surface area contributed by atoms with Gasteiger partial charge in [-0.3, -0.25) is 4.98 Å². The van der Waals surface area contributed by atoms with Gasteiger partial charge in [0.15, 0.2) is 0 Å². The average molecular weight is 282 g/mol. The minimum Gasteiger partial charge on any atom is -0.478 e. The van der Waals surface area contributed by atoms with Crippen molar-refractivity contribution in [2.45, 2.75) is 32.2 Å². The second kappa shape index (κ2) is 5.56. The molecule has 4 heteroatoms. The smallest absolute Gasteiger partial charge is 0.337 e. The van der Waals surface area contributed by atoms with Crippen LogP contribution in [0.4, 0.5) is 5.69 Å². The molecular weight excluding hydrogens is 264 g/mol. The van der Waals surface area contributed by atoms with Crippen LogP contribution in [0.1, 0.15) is 45.8 Å². The van der Waals surface area contributed by atoms with E-state index in [1.165, 1.54) is 41.8 Å². The number of carboxylic acid groups (broad SMARTS) is 1. The highest BCUT2D eigenvalue weighted by Gasteiger charge is 2.25. The number of anilines is 1. The summed E-state index contributed by atoms with van der Waals surface area (Å²) in [5.74, 6) is -0.262. The first kappa shape index (κ1) is 13.6. The van der Waals surface area contributed by atoms with Gasteiger partial charge < -0.3 is 10.4 Å². The summed E-state index contributed by atoms with van der Waals surface area (Å²) < 4.78 is 0. The molecule has 3 rings (SSSR count). The molecule has 0 radical (unpaired) electrons. The van der Waals surface area contributed by atoms with Gasteiger partial charge >= 0.3 is 5.97 Å². The predicted octanol–water partition coefficient (Wildman–Crippen LogP) is 3.58. The summed E-state index contributed by atoms with van der Waals surface area (Å²) in [4.78, 5) is 15.2. The largest absolute Gasteiger partial charge is 0.478 e. The maximum Gasteiger partial charge on any atom is 0.337 e. The van der Waals surface area contributed by atoms with Crippen LogP contribution in [-0.2, 0) is 6.54 Å². The molecule has 1 aliphatic carbocycles. The van der Waals surface area contributed by atoms with Crippen molar-refractivity contribution in [2.24, 2.45) is 0 Å². The molecule has 1 aromatic heterocycles. The number of benzene rings is 1. The SMILES string of the molecule is Cc1ccc(C2CC2)c(CNc2cnccc2C(=O)O)c1. The van der Waals surface area contributed by atoms with Crippen molar-refractivity contribution in [1.82, 2.24) is 4.98 Å². The van der Waals surface area contributed by atoms with Crippen LogP contribution in [-0.4, -0.2) is 16.1 Å². The summed E-state index contributed by atoms with van der Waals surface area (Å²) in [6, 6.07) is 8.04. The lowest BCUT2D eigenvalue weighted by atomic mass is 10.0. The Morgan fingerprint density at radius 1 is 1.38 bits per heavy atom. The standard InChI is InChI=1S/C17H18N2O2/c1-11-2-5-14(12-3-4-12)13(8-11)9-19-16-10-18-7-6-15(16)17(20)21/h2,5-8,10,12,19H,3-4,9H2,1H3,(H,20,21). The van der Waals surface area contributed by atoms with E-state index in [9.17, 15) is 9.90 Å². The van der Waals surface area contributed by atoms with E-state index in [1.807, 2.05) is 0 Å². The Balaban J connectivity index is 1.82. The van der Waals surface area contributed by atoms with Crippen LogP contribution in [0.25, 0.3) is 0 Å². The second-order valence-corrected chi connectivity index (χ2v) is 5.56. The van der Waals surface area contributed by atoms with Crippen molar-refractivity contribution in [2.75, 3.05) is 5.32 Å². The van der Waals surface area contributed by atoms with Gasteiger partial charge in [-0.05, 0) is 42.9 Å². The van der Waals surface area contributed by atoms with Gasteiger partial charge in [-0.1, -0.05) is 23.8 Å². The molecule has 0 atom stereocenters. The van der Waals surface area contributed by atoms with E-state index in [0.29, 0.717) is 18.2 Å². The molecule has 0 unspecified atom stereocenters. The zero-order chi connectivity index (χ0) is 14.8. The van der Waals surface area contributed by atoms with Crippen LogP contribution in [0.15, 0.2) is 36.7 Å². The highest BCUT2D eigenvalue weighted by molar-refractivity contribution is 5.93. The fourth-order valence-corrected chi connectivity index (χ4v) is 2.59. The molecule has 1 heterocycles. The van der Waals surface area contributed by atoms with Gasteiger partial charge in [-0.25, -0.2) is 4.79 Å². The molecule has 2 N–H and O–H groups in total. The molecule has 4 nitrogen and oxygen atoms in total. The number of aromatic carboxylic acids is 1. The zero-order valence-corrected chi connectivity index (χ0v) is 12.0. The van der Waals surface area contributed by atoms with Gasteiger partial charge in [0.1, 0.15) is 0 Å². The molecule has 108 valence electrons. The van der Waals surface area contributed by atoms with Crippen molar-refractivity contribution in [3.8, 4) is 0 Å². The summed E-state index contributed by atoms with van der Waals surface area (Å²) in [5, 5.41) is 12.4. The minimum absolute atomic E-state index is 0.255. The normalized spacial score (nSPS) is 14.0. The van der Waals surface area contributed by atoms with Crippen LogP contribution in [0, 0.1) is 6.92 Å². The number of carboxylic acids is 1. The highest BCUT2D eigenvalue weighted by Crippen LogP contribution is 2.42. The summed E-state index contributed by atoms with van der Waals surface area (Å²) in [7, 11) is 0. The van der Waals surface area contributed by atoms with Crippen molar-refractivity contribution in [3.63, 3.8) is 0 Å². The molecule has 1 aromatic carbocycles. The summed E-state index contributed by atoms with van der Waals surface area (Å²) >= 11 is 0. The predicted molar refractivity (Wildman–Crippen MR) is 81.7 cm³/mol. The second-order valence-electron chi connectivity index (χ2n) is 5.56. The maximum absolute atomic E-state index is 11.2. The first-order valence-corrected chi connectivity index (χ1v) is 7.16. The number of hydrogen-bond acceptors (Lipinski definition) is 3. The Morgan fingerprint density at radius 3 is 2.90 bits per heavy atom. The molecule has 1 aliphatic rings. The quantitative estimate of drug-likeness (QED) is 0.880. The van der Waals surface area contributed by atoms with Crippen molar-refractivity contribution in [3.05, 3.63) is 58.9 Å². The lowest BCUT2D eigenvalue weighted by Crippen LogP contribution is -2.08. The van der Waals surface area contributed by atoms with Gasteiger partial charge in [0.2, 0.25) is 0 Å². The molecule has 21 heavy (non-hydrogen) atoms. The van der Waals surface area contributed by atoms with Crippen molar-refractivity contribution >= 4 is 11.7 Å². The Morgan fingerprint density at radius 2 is 2.19 bits per heavy atom. The maximum atomic E-state index is 11.2. The number of nitrogens with zero attached hydrogens (tertiary/aromatic N) is 1. The van der Waals surface area contributed by atoms with Gasteiger partial charge in [-0.15, -0.1) is 0 Å². The van der Waals surface area contributed by atoms with Crippen LogP contribution < -0.4 is 5.32 Å². The number of aromatic nitrogens is 1. The Bertz CT molecular complexity index is 678. The molecule has 0 amide bonds. The average Bonchev–Trinajstić information content (AvgIpc) is 3.30. The molecule has 0 saturated heterocycles. The van der Waals surface area contributed by atoms with Crippen LogP contribution in [0.5, 0.6) is 0 Å². The van der Waals surface area contributed by atoms with E-state index in [0.717, 1.165) is 0 Å². The van der Waals surface area contributed by atoms with E-state index in [2.05, 4.69) is 35.4 Å². The Hall–Kier alpha value is -2.36.